The standard InChI is InChI=1S/C12H14ClN3O4/c1-12(2,3)20-11(17)15-14-7-8-4-5-9(13)10(6-8)16(18)19/h4-7H,1-3H3,(H,15,17)/b14-7+. The van der Waals surface area contributed by atoms with E-state index in [1.807, 2.05) is 0 Å². The average Bonchev–Trinajstić information content (AvgIpc) is 2.28. The molecular weight excluding hydrogens is 286 g/mol. The minimum atomic E-state index is -0.711. The van der Waals surface area contributed by atoms with Crippen molar-refractivity contribution in [2.75, 3.05) is 0 Å². The van der Waals surface area contributed by atoms with Crippen molar-refractivity contribution >= 4 is 29.6 Å². The molecule has 1 N–H and O–H groups in total. The molecule has 0 atom stereocenters. The van der Waals surface area contributed by atoms with Crippen molar-refractivity contribution in [3.8, 4) is 0 Å². The summed E-state index contributed by atoms with van der Waals surface area (Å²) in [5, 5.41) is 14.4. The zero-order valence-electron chi connectivity index (χ0n) is 11.2. The number of benzene rings is 1. The zero-order valence-corrected chi connectivity index (χ0v) is 12.0. The summed E-state index contributed by atoms with van der Waals surface area (Å²) in [7, 11) is 0. The third-order valence-electron chi connectivity index (χ3n) is 1.94. The van der Waals surface area contributed by atoms with E-state index in [-0.39, 0.29) is 10.7 Å². The molecule has 0 radical (unpaired) electrons. The second kappa shape index (κ2) is 6.33. The van der Waals surface area contributed by atoms with E-state index >= 15 is 0 Å². The molecule has 0 aliphatic carbocycles. The minimum Gasteiger partial charge on any atom is -0.443 e. The molecule has 1 amide bonds. The predicted molar refractivity (Wildman–Crippen MR) is 75.1 cm³/mol. The van der Waals surface area contributed by atoms with Crippen LogP contribution in [0.4, 0.5) is 10.5 Å². The number of nitro benzene ring substituents is 1. The molecule has 20 heavy (non-hydrogen) atoms. The van der Waals surface area contributed by atoms with E-state index in [2.05, 4.69) is 10.5 Å². The lowest BCUT2D eigenvalue weighted by atomic mass is 10.2. The van der Waals surface area contributed by atoms with Gasteiger partial charge >= 0.3 is 6.09 Å². The number of nitrogens with one attached hydrogen (secondary N) is 1. The summed E-state index contributed by atoms with van der Waals surface area (Å²) in [5.41, 5.74) is 1.73. The molecule has 0 bridgehead atoms. The number of nitrogens with zero attached hydrogens (tertiary/aromatic N) is 2. The highest BCUT2D eigenvalue weighted by Crippen LogP contribution is 2.24. The van der Waals surface area contributed by atoms with Gasteiger partial charge in [-0.3, -0.25) is 10.1 Å². The second-order valence-electron chi connectivity index (χ2n) is 4.84. The van der Waals surface area contributed by atoms with Crippen molar-refractivity contribution in [3.63, 3.8) is 0 Å². The lowest BCUT2D eigenvalue weighted by Crippen LogP contribution is -2.29. The maximum atomic E-state index is 11.3. The second-order valence-corrected chi connectivity index (χ2v) is 5.25. The van der Waals surface area contributed by atoms with E-state index in [9.17, 15) is 14.9 Å². The van der Waals surface area contributed by atoms with Gasteiger partial charge in [0.05, 0.1) is 11.1 Å². The van der Waals surface area contributed by atoms with E-state index in [0.717, 1.165) is 0 Å². The number of hydrogen-bond donors (Lipinski definition) is 1. The third-order valence-corrected chi connectivity index (χ3v) is 2.25. The molecule has 0 aliphatic rings. The van der Waals surface area contributed by atoms with Crippen LogP contribution >= 0.6 is 11.6 Å². The van der Waals surface area contributed by atoms with E-state index in [4.69, 9.17) is 16.3 Å². The van der Waals surface area contributed by atoms with Crippen molar-refractivity contribution in [3.05, 3.63) is 38.9 Å². The molecule has 7 nitrogen and oxygen atoms in total. The van der Waals surface area contributed by atoms with Gasteiger partial charge in [-0.25, -0.2) is 10.2 Å². The minimum absolute atomic E-state index is 0.0345. The predicted octanol–water partition coefficient (Wildman–Crippen LogP) is 3.11. The normalized spacial score (nSPS) is 11.4. The number of hydrazone groups is 1. The Morgan fingerprint density at radius 1 is 1.50 bits per heavy atom. The van der Waals surface area contributed by atoms with Gasteiger partial charge in [0.2, 0.25) is 0 Å². The summed E-state index contributed by atoms with van der Waals surface area (Å²) in [5.74, 6) is 0. The van der Waals surface area contributed by atoms with Crippen LogP contribution in [0.1, 0.15) is 26.3 Å². The van der Waals surface area contributed by atoms with Crippen molar-refractivity contribution in [1.29, 1.82) is 0 Å². The topological polar surface area (TPSA) is 93.8 Å². The molecule has 0 saturated carbocycles. The maximum absolute atomic E-state index is 11.3. The Bertz CT molecular complexity index is 552. The molecule has 0 fully saturated rings. The Balaban J connectivity index is 2.70. The number of halogens is 1. The number of carbonyl (C=O) groups is 1. The van der Waals surface area contributed by atoms with E-state index in [1.54, 1.807) is 20.8 Å². The van der Waals surface area contributed by atoms with Crippen molar-refractivity contribution < 1.29 is 14.5 Å². The Morgan fingerprint density at radius 3 is 2.70 bits per heavy atom. The highest BCUT2D eigenvalue weighted by atomic mass is 35.5. The largest absolute Gasteiger partial charge is 0.443 e. The number of rotatable bonds is 3. The van der Waals surface area contributed by atoms with E-state index < -0.39 is 16.6 Å². The molecule has 0 heterocycles. The average molecular weight is 300 g/mol. The van der Waals surface area contributed by atoms with Gasteiger partial charge in [0, 0.05) is 11.6 Å². The van der Waals surface area contributed by atoms with Crippen LogP contribution in [0.25, 0.3) is 0 Å². The van der Waals surface area contributed by atoms with Crippen LogP contribution in [0.3, 0.4) is 0 Å². The molecule has 1 aromatic rings. The van der Waals surface area contributed by atoms with E-state index in [1.165, 1.54) is 24.4 Å². The SMILES string of the molecule is CC(C)(C)OC(=O)N/N=C/c1ccc(Cl)c([N+](=O)[O-])c1. The fourth-order valence-electron chi connectivity index (χ4n) is 1.21. The van der Waals surface area contributed by atoms with Crippen LogP contribution in [0.2, 0.25) is 5.02 Å². The molecule has 0 aromatic heterocycles. The highest BCUT2D eigenvalue weighted by molar-refractivity contribution is 6.32. The van der Waals surface area contributed by atoms with Gasteiger partial charge in [-0.2, -0.15) is 5.10 Å². The number of carbonyl (C=O) groups excluding carboxylic acids is 1. The summed E-state index contributed by atoms with van der Waals surface area (Å²) >= 11 is 5.67. The fourth-order valence-corrected chi connectivity index (χ4v) is 1.40. The van der Waals surface area contributed by atoms with Crippen molar-refractivity contribution in [1.82, 2.24) is 5.43 Å². The monoisotopic (exact) mass is 299 g/mol. The molecule has 1 rings (SSSR count). The quantitative estimate of drug-likeness (QED) is 0.527. The smallest absolute Gasteiger partial charge is 0.428 e. The lowest BCUT2D eigenvalue weighted by molar-refractivity contribution is -0.384. The first-order chi connectivity index (χ1) is 9.19. The van der Waals surface area contributed by atoms with Crippen LogP contribution in [0.15, 0.2) is 23.3 Å². The van der Waals surface area contributed by atoms with Gasteiger partial charge in [-0.1, -0.05) is 17.7 Å². The van der Waals surface area contributed by atoms with Crippen molar-refractivity contribution in [2.24, 2.45) is 5.10 Å². The van der Waals surface area contributed by atoms with Gasteiger partial charge < -0.3 is 4.74 Å². The summed E-state index contributed by atoms with van der Waals surface area (Å²) in [6, 6.07) is 4.17. The lowest BCUT2D eigenvalue weighted by Gasteiger charge is -2.18. The molecule has 8 heteroatoms. The molecule has 108 valence electrons. The summed E-state index contributed by atoms with van der Waals surface area (Å²) < 4.78 is 4.96. The number of amides is 1. The summed E-state index contributed by atoms with van der Waals surface area (Å²) in [6.07, 6.45) is 0.546. The molecule has 0 saturated heterocycles. The molecule has 0 unspecified atom stereocenters. The first kappa shape index (κ1) is 15.9. The number of hydrogen-bond acceptors (Lipinski definition) is 5. The van der Waals surface area contributed by atoms with Gasteiger partial charge in [-0.05, 0) is 26.8 Å². The van der Waals surface area contributed by atoms with Gasteiger partial charge in [0.1, 0.15) is 10.6 Å². The van der Waals surface area contributed by atoms with Crippen LogP contribution < -0.4 is 5.43 Å². The van der Waals surface area contributed by atoms with Gasteiger partial charge in [0.15, 0.2) is 0 Å². The summed E-state index contributed by atoms with van der Waals surface area (Å²) in [6.45, 7) is 5.16. The van der Waals surface area contributed by atoms with Crippen LogP contribution in [0.5, 0.6) is 0 Å². The highest BCUT2D eigenvalue weighted by Gasteiger charge is 2.15. The van der Waals surface area contributed by atoms with Crippen LogP contribution in [-0.4, -0.2) is 22.8 Å². The first-order valence-corrected chi connectivity index (χ1v) is 6.03. The Kier molecular flexibility index (Phi) is 5.04. The number of ether oxygens (including phenoxy) is 1. The number of nitro groups is 1. The van der Waals surface area contributed by atoms with E-state index in [0.29, 0.717) is 5.56 Å². The summed E-state index contributed by atoms with van der Waals surface area (Å²) in [4.78, 5) is 21.4. The Labute approximate surface area is 120 Å². The maximum Gasteiger partial charge on any atom is 0.428 e. The fraction of sp³-hybridized carbons (Fsp3) is 0.333. The first-order valence-electron chi connectivity index (χ1n) is 5.65. The molecule has 0 spiro atoms. The molecule has 0 aliphatic heterocycles. The van der Waals surface area contributed by atoms with Crippen LogP contribution in [-0.2, 0) is 4.74 Å². The Hall–Kier alpha value is -2.15. The zero-order chi connectivity index (χ0) is 15.3. The van der Waals surface area contributed by atoms with Gasteiger partial charge in [0.25, 0.3) is 5.69 Å². The third kappa shape index (κ3) is 5.23. The van der Waals surface area contributed by atoms with Crippen molar-refractivity contribution in [2.45, 2.75) is 26.4 Å². The molecule has 1 aromatic carbocycles. The van der Waals surface area contributed by atoms with Crippen LogP contribution in [0, 0.1) is 10.1 Å². The Morgan fingerprint density at radius 2 is 2.15 bits per heavy atom. The van der Waals surface area contributed by atoms with Gasteiger partial charge in [-0.15, -0.1) is 0 Å². The molecular formula is C12H14ClN3O4.